The second-order valence-corrected chi connectivity index (χ2v) is 11.7. The summed E-state index contributed by atoms with van der Waals surface area (Å²) in [6.45, 7) is 5.78. The van der Waals surface area contributed by atoms with Crippen molar-refractivity contribution in [2.24, 2.45) is 0 Å². The number of β-lactam (4-membered cyclic amide) rings is 1. The number of nitrogens with zero attached hydrogens (tertiary/aromatic N) is 1. The minimum atomic E-state index is -0.587. The van der Waals surface area contributed by atoms with Crippen LogP contribution in [0.25, 0.3) is 0 Å². The Bertz CT molecular complexity index is 1450. The highest BCUT2D eigenvalue weighted by molar-refractivity contribution is 8.00. The molecule has 208 valence electrons. The van der Waals surface area contributed by atoms with Crippen molar-refractivity contribution >= 4 is 35.1 Å². The number of amides is 1. The molecule has 0 radical (unpaired) electrons. The maximum absolute atomic E-state index is 14.7. The van der Waals surface area contributed by atoms with E-state index in [1.165, 1.54) is 6.07 Å². The van der Waals surface area contributed by atoms with E-state index in [2.05, 4.69) is 0 Å². The van der Waals surface area contributed by atoms with Gasteiger partial charge in [-0.2, -0.15) is 0 Å². The maximum atomic E-state index is 14.7. The summed E-state index contributed by atoms with van der Waals surface area (Å²) in [6.07, 6.45) is 1.15. The molecule has 3 aromatic carbocycles. The predicted octanol–water partition coefficient (Wildman–Crippen LogP) is 5.93. The van der Waals surface area contributed by atoms with Gasteiger partial charge in [-0.1, -0.05) is 24.3 Å². The first kappa shape index (κ1) is 27.7. The van der Waals surface area contributed by atoms with E-state index in [1.807, 2.05) is 18.2 Å². The van der Waals surface area contributed by atoms with E-state index in [9.17, 15) is 18.8 Å². The van der Waals surface area contributed by atoms with Gasteiger partial charge < -0.3 is 19.1 Å². The highest BCUT2D eigenvalue weighted by Crippen LogP contribution is 2.41. The second-order valence-electron chi connectivity index (χ2n) is 10.7. The summed E-state index contributed by atoms with van der Waals surface area (Å²) in [6, 6.07) is 16.9. The van der Waals surface area contributed by atoms with Crippen LogP contribution in [0, 0.1) is 5.82 Å². The van der Waals surface area contributed by atoms with E-state index < -0.39 is 17.4 Å². The van der Waals surface area contributed by atoms with Crippen LogP contribution in [-0.4, -0.2) is 42.2 Å². The van der Waals surface area contributed by atoms with E-state index in [-0.39, 0.29) is 30.1 Å². The molecule has 40 heavy (non-hydrogen) atoms. The Balaban J connectivity index is 1.22. The summed E-state index contributed by atoms with van der Waals surface area (Å²) in [4.78, 5) is 39.2. The van der Waals surface area contributed by atoms with Gasteiger partial charge in [-0.05, 0) is 68.3 Å². The van der Waals surface area contributed by atoms with Gasteiger partial charge in [0.1, 0.15) is 22.9 Å². The van der Waals surface area contributed by atoms with Gasteiger partial charge in [0, 0.05) is 22.6 Å². The van der Waals surface area contributed by atoms with Crippen LogP contribution in [0.2, 0.25) is 0 Å². The molecule has 1 unspecified atom stereocenters. The number of carbonyl (C=O) groups is 3. The first-order valence-electron chi connectivity index (χ1n) is 13.1. The summed E-state index contributed by atoms with van der Waals surface area (Å²) < 4.78 is 31.0. The van der Waals surface area contributed by atoms with Gasteiger partial charge >= 0.3 is 5.97 Å². The highest BCUT2D eigenvalue weighted by Gasteiger charge is 2.38. The first-order valence-corrected chi connectivity index (χ1v) is 14.0. The van der Waals surface area contributed by atoms with Crippen LogP contribution < -0.4 is 14.4 Å². The molecule has 7 nitrogen and oxygen atoms in total. The van der Waals surface area contributed by atoms with Crippen LogP contribution in [0.5, 0.6) is 11.5 Å². The number of fused-ring (bicyclic) bond motifs is 1. The van der Waals surface area contributed by atoms with E-state index in [4.69, 9.17) is 14.2 Å². The van der Waals surface area contributed by atoms with Crippen LogP contribution >= 0.6 is 11.8 Å². The Morgan fingerprint density at radius 1 is 1.07 bits per heavy atom. The Labute approximate surface area is 236 Å². The van der Waals surface area contributed by atoms with Crippen molar-refractivity contribution in [2.75, 3.05) is 23.9 Å². The lowest BCUT2D eigenvalue weighted by molar-refractivity contribution is -0.157. The van der Waals surface area contributed by atoms with Gasteiger partial charge in [0.15, 0.2) is 12.4 Å². The fourth-order valence-electron chi connectivity index (χ4n) is 4.63. The van der Waals surface area contributed by atoms with E-state index in [0.717, 1.165) is 35.1 Å². The van der Waals surface area contributed by atoms with E-state index >= 15 is 0 Å². The lowest BCUT2D eigenvalue weighted by Crippen LogP contribution is -2.46. The summed E-state index contributed by atoms with van der Waals surface area (Å²) in [5.74, 6) is 0.185. The number of esters is 1. The summed E-state index contributed by atoms with van der Waals surface area (Å²) >= 11 is 1.10. The zero-order valence-corrected chi connectivity index (χ0v) is 23.4. The highest BCUT2D eigenvalue weighted by atomic mass is 32.2. The monoisotopic (exact) mass is 563 g/mol. The van der Waals surface area contributed by atoms with Crippen LogP contribution in [0.4, 0.5) is 10.1 Å². The van der Waals surface area contributed by atoms with Crippen molar-refractivity contribution in [1.29, 1.82) is 0 Å². The van der Waals surface area contributed by atoms with Gasteiger partial charge in [0.2, 0.25) is 5.91 Å². The molecule has 3 aromatic rings. The number of ketones is 1. The minimum Gasteiger partial charge on any atom is -0.493 e. The summed E-state index contributed by atoms with van der Waals surface area (Å²) in [5.41, 5.74) is 2.47. The quantitative estimate of drug-likeness (QED) is 0.138. The number of hydrogen-bond acceptors (Lipinski definition) is 7. The molecule has 1 saturated heterocycles. The number of halogens is 1. The molecule has 9 heteroatoms. The zero-order valence-electron chi connectivity index (χ0n) is 22.6. The van der Waals surface area contributed by atoms with Crippen LogP contribution in [0.15, 0.2) is 65.6 Å². The fourth-order valence-corrected chi connectivity index (χ4v) is 5.49. The molecule has 0 aliphatic carbocycles. The molecule has 1 fully saturated rings. The molecular formula is C31H30FNO6S. The van der Waals surface area contributed by atoms with Gasteiger partial charge in [-0.3, -0.25) is 9.59 Å². The van der Waals surface area contributed by atoms with Crippen molar-refractivity contribution in [2.45, 2.75) is 50.2 Å². The number of rotatable bonds is 9. The lowest BCUT2D eigenvalue weighted by atomic mass is 9.93. The van der Waals surface area contributed by atoms with Gasteiger partial charge in [-0.25, -0.2) is 9.18 Å². The molecule has 1 atom stereocenters. The van der Waals surface area contributed by atoms with Gasteiger partial charge in [-0.15, -0.1) is 11.8 Å². The number of hydrogen-bond donors (Lipinski definition) is 0. The molecule has 0 saturated carbocycles. The van der Waals surface area contributed by atoms with Gasteiger partial charge in [0.05, 0.1) is 24.8 Å². The Morgan fingerprint density at radius 3 is 2.58 bits per heavy atom. The standard InChI is InChI=1S/C31H30FNO6S/c1-31(2,3)39-30(36)17-38-23-9-6-19(7-10-23)25-16-29(35)33(25)22-8-11-24(32)28(15-22)40-18-26(34)21-5-4-20-12-13-37-27(20)14-21/h4-11,14-15,25H,12-13,16-18H2,1-3H3. The predicted molar refractivity (Wildman–Crippen MR) is 150 cm³/mol. The SMILES string of the molecule is CC(C)(C)OC(=O)COc1ccc(C2CC(=O)N2c2ccc(F)c(SCC(=O)c3ccc4c(c3)OCC4)c2)cc1. The molecule has 2 aliphatic heterocycles. The number of thioether (sulfide) groups is 1. The molecule has 2 aliphatic rings. The largest absolute Gasteiger partial charge is 0.493 e. The topological polar surface area (TPSA) is 82.1 Å². The molecule has 2 heterocycles. The normalized spacial score (nSPS) is 16.1. The van der Waals surface area contributed by atoms with E-state index in [1.54, 1.807) is 62.1 Å². The average Bonchev–Trinajstić information content (AvgIpc) is 3.38. The molecule has 5 rings (SSSR count). The summed E-state index contributed by atoms with van der Waals surface area (Å²) in [7, 11) is 0. The third-order valence-electron chi connectivity index (χ3n) is 6.56. The Hall–Kier alpha value is -3.85. The van der Waals surface area contributed by atoms with Crippen molar-refractivity contribution in [1.82, 2.24) is 0 Å². The zero-order chi connectivity index (χ0) is 28.4. The first-order chi connectivity index (χ1) is 19.1. The molecule has 0 aromatic heterocycles. The van der Waals surface area contributed by atoms with Crippen molar-refractivity contribution < 1.29 is 33.0 Å². The maximum Gasteiger partial charge on any atom is 0.344 e. The molecule has 0 N–H and O–H groups in total. The molecule has 0 bridgehead atoms. The van der Waals surface area contributed by atoms with E-state index in [0.29, 0.717) is 34.9 Å². The Kier molecular flexibility index (Phi) is 7.85. The lowest BCUT2D eigenvalue weighted by Gasteiger charge is -2.41. The minimum absolute atomic E-state index is 0.0568. The van der Waals surface area contributed by atoms with Crippen molar-refractivity contribution in [3.63, 3.8) is 0 Å². The fraction of sp³-hybridized carbons (Fsp3) is 0.323. The number of Topliss-reactive ketones (excluding diaryl/α,β-unsaturated/α-hetero) is 1. The third kappa shape index (κ3) is 6.31. The number of anilines is 1. The molecule has 1 amide bonds. The van der Waals surface area contributed by atoms with Crippen LogP contribution in [-0.2, 0) is 20.7 Å². The second kappa shape index (κ2) is 11.3. The van der Waals surface area contributed by atoms with Gasteiger partial charge in [0.25, 0.3) is 0 Å². The van der Waals surface area contributed by atoms with Crippen LogP contribution in [0.1, 0.15) is 54.7 Å². The van der Waals surface area contributed by atoms with Crippen LogP contribution in [0.3, 0.4) is 0 Å². The smallest absolute Gasteiger partial charge is 0.344 e. The molecular weight excluding hydrogens is 533 g/mol. The average molecular weight is 564 g/mol. The third-order valence-corrected chi connectivity index (χ3v) is 7.59. The number of carbonyl (C=O) groups excluding carboxylic acids is 3. The van der Waals surface area contributed by atoms with Crippen molar-refractivity contribution in [3.05, 3.63) is 83.2 Å². The Morgan fingerprint density at radius 2 is 1.85 bits per heavy atom. The summed E-state index contributed by atoms with van der Waals surface area (Å²) in [5, 5.41) is 0. The molecule has 0 spiro atoms. The van der Waals surface area contributed by atoms with Crippen molar-refractivity contribution in [3.8, 4) is 11.5 Å². The number of benzene rings is 3. The number of ether oxygens (including phenoxy) is 3.